The molecule has 1 aliphatic heterocycles. The molecule has 1 aromatic carbocycles. The molecule has 30 heavy (non-hydrogen) atoms. The lowest BCUT2D eigenvalue weighted by Crippen LogP contribution is -2.10. The molecule has 0 aromatic heterocycles. The summed E-state index contributed by atoms with van der Waals surface area (Å²) >= 11 is 0. The summed E-state index contributed by atoms with van der Waals surface area (Å²) < 4.78 is 15.6. The summed E-state index contributed by atoms with van der Waals surface area (Å²) in [4.78, 5) is 35.6. The third-order valence-electron chi connectivity index (χ3n) is 4.43. The predicted molar refractivity (Wildman–Crippen MR) is 110 cm³/mol. The minimum Gasteiger partial charge on any atom is -0.478 e. The van der Waals surface area contributed by atoms with Gasteiger partial charge in [0.05, 0.1) is 24.9 Å². The van der Waals surface area contributed by atoms with Gasteiger partial charge in [0.2, 0.25) is 0 Å². The highest BCUT2D eigenvalue weighted by molar-refractivity contribution is 5.98. The molecule has 7 heteroatoms. The summed E-state index contributed by atoms with van der Waals surface area (Å²) in [6.45, 7) is 5.47. The molecule has 1 unspecified atom stereocenters. The first-order valence-electron chi connectivity index (χ1n) is 9.63. The van der Waals surface area contributed by atoms with E-state index < -0.39 is 17.9 Å². The first-order chi connectivity index (χ1) is 14.3. The molecule has 7 nitrogen and oxygen atoms in total. The Balaban J connectivity index is 1.91. The first kappa shape index (κ1) is 23.1. The van der Waals surface area contributed by atoms with Crippen molar-refractivity contribution in [3.8, 4) is 0 Å². The Hall–Kier alpha value is -3.19. The van der Waals surface area contributed by atoms with Crippen LogP contribution in [0.25, 0.3) is 5.76 Å². The van der Waals surface area contributed by atoms with Crippen LogP contribution >= 0.6 is 0 Å². The Labute approximate surface area is 175 Å². The van der Waals surface area contributed by atoms with E-state index in [1.807, 2.05) is 0 Å². The molecule has 1 heterocycles. The van der Waals surface area contributed by atoms with Gasteiger partial charge >= 0.3 is 17.9 Å². The second-order valence-electron chi connectivity index (χ2n) is 6.90. The average molecular weight is 414 g/mol. The molecule has 1 aliphatic rings. The van der Waals surface area contributed by atoms with Gasteiger partial charge < -0.3 is 19.3 Å². The molecule has 0 bridgehead atoms. The van der Waals surface area contributed by atoms with Crippen molar-refractivity contribution in [2.24, 2.45) is 0 Å². The van der Waals surface area contributed by atoms with E-state index in [2.05, 4.69) is 0 Å². The molecule has 0 amide bonds. The second kappa shape index (κ2) is 11.1. The van der Waals surface area contributed by atoms with Gasteiger partial charge in [0, 0.05) is 23.1 Å². The van der Waals surface area contributed by atoms with E-state index in [0.29, 0.717) is 24.0 Å². The lowest BCUT2D eigenvalue weighted by Gasteiger charge is -2.11. The van der Waals surface area contributed by atoms with Gasteiger partial charge in [-0.3, -0.25) is 0 Å². The molecule has 1 atom stereocenters. The monoisotopic (exact) mass is 414 g/mol. The van der Waals surface area contributed by atoms with Crippen LogP contribution in [-0.2, 0) is 28.6 Å². The van der Waals surface area contributed by atoms with Crippen LogP contribution in [0.5, 0.6) is 0 Å². The number of esters is 2. The van der Waals surface area contributed by atoms with Crippen molar-refractivity contribution in [2.45, 2.75) is 39.7 Å². The van der Waals surface area contributed by atoms with E-state index in [4.69, 9.17) is 14.2 Å². The first-order valence-corrected chi connectivity index (χ1v) is 9.63. The summed E-state index contributed by atoms with van der Waals surface area (Å²) in [6.07, 6.45) is 4.61. The van der Waals surface area contributed by atoms with Crippen molar-refractivity contribution < 1.29 is 33.7 Å². The molecule has 1 saturated heterocycles. The number of carbonyl (C=O) groups excluding carboxylic acids is 2. The fraction of sp³-hybridized carbons (Fsp3) is 0.348. The van der Waals surface area contributed by atoms with E-state index in [1.165, 1.54) is 6.92 Å². The van der Waals surface area contributed by atoms with Gasteiger partial charge in [-0.25, -0.2) is 14.4 Å². The molecule has 2 rings (SSSR count). The number of benzene rings is 1. The predicted octanol–water partition coefficient (Wildman–Crippen LogP) is 3.66. The van der Waals surface area contributed by atoms with Gasteiger partial charge in [-0.05, 0) is 27.2 Å². The highest BCUT2D eigenvalue weighted by Gasteiger charge is 2.21. The van der Waals surface area contributed by atoms with Crippen LogP contribution < -0.4 is 0 Å². The summed E-state index contributed by atoms with van der Waals surface area (Å²) in [5.41, 5.74) is 1.23. The van der Waals surface area contributed by atoms with Crippen molar-refractivity contribution in [2.75, 3.05) is 13.2 Å². The Kier molecular flexibility index (Phi) is 8.55. The number of hydrogen-bond donors (Lipinski definition) is 1. The zero-order chi connectivity index (χ0) is 22.1. The van der Waals surface area contributed by atoms with E-state index >= 15 is 0 Å². The maximum Gasteiger partial charge on any atom is 0.338 e. The molecule has 0 radical (unpaired) electrons. The Morgan fingerprint density at radius 2 is 1.70 bits per heavy atom. The lowest BCUT2D eigenvalue weighted by atomic mass is 10.1. The number of hydrogen-bond acceptors (Lipinski definition) is 6. The van der Waals surface area contributed by atoms with Gasteiger partial charge in [-0.15, -0.1) is 0 Å². The van der Waals surface area contributed by atoms with Gasteiger partial charge in [-0.1, -0.05) is 42.5 Å². The zero-order valence-corrected chi connectivity index (χ0v) is 17.3. The second-order valence-corrected chi connectivity index (χ2v) is 6.90. The zero-order valence-electron chi connectivity index (χ0n) is 17.3. The maximum atomic E-state index is 12.4. The standard InChI is InChI=1S/C23H26O7/c1-15(8-7-13-28-22(26)16(2)11-12-19-14-29-19)23(27)30-20(17(3)21(24)25)18-9-5-4-6-10-18/h4-6,8-11,19H,7,12-14H2,1-3H3,(H,24,25). The SMILES string of the molecule is CC(=CCC1CO1)C(=O)OCCC=C(C)C(=O)OC(=C(C)C(=O)O)c1ccccc1. The third kappa shape index (κ3) is 7.33. The normalized spacial score (nSPS) is 17.1. The van der Waals surface area contributed by atoms with Gasteiger partial charge in [0.15, 0.2) is 0 Å². The van der Waals surface area contributed by atoms with Crippen molar-refractivity contribution in [1.29, 1.82) is 0 Å². The summed E-state index contributed by atoms with van der Waals surface area (Å²) in [5.74, 6) is -2.25. The van der Waals surface area contributed by atoms with Crippen LogP contribution in [0.1, 0.15) is 39.2 Å². The number of carbonyl (C=O) groups is 3. The van der Waals surface area contributed by atoms with E-state index in [0.717, 1.165) is 6.61 Å². The van der Waals surface area contributed by atoms with Crippen LogP contribution in [0.2, 0.25) is 0 Å². The Morgan fingerprint density at radius 1 is 1.07 bits per heavy atom. The van der Waals surface area contributed by atoms with Crippen LogP contribution in [0.15, 0.2) is 59.2 Å². The molecule has 1 aromatic rings. The number of aliphatic carboxylic acids is 1. The smallest absolute Gasteiger partial charge is 0.338 e. The minimum absolute atomic E-state index is 0.00678. The highest BCUT2D eigenvalue weighted by atomic mass is 16.6. The number of epoxide rings is 1. The number of rotatable bonds is 10. The topological polar surface area (TPSA) is 102 Å². The highest BCUT2D eigenvalue weighted by Crippen LogP contribution is 2.22. The fourth-order valence-electron chi connectivity index (χ4n) is 2.43. The van der Waals surface area contributed by atoms with E-state index in [9.17, 15) is 19.5 Å². The van der Waals surface area contributed by atoms with Gasteiger partial charge in [-0.2, -0.15) is 0 Å². The molecule has 1 N–H and O–H groups in total. The molecule has 0 aliphatic carbocycles. The Morgan fingerprint density at radius 3 is 2.30 bits per heavy atom. The van der Waals surface area contributed by atoms with Crippen molar-refractivity contribution in [3.05, 3.63) is 64.8 Å². The molecular weight excluding hydrogens is 388 g/mol. The molecule has 0 spiro atoms. The summed E-state index contributed by atoms with van der Waals surface area (Å²) in [7, 11) is 0. The van der Waals surface area contributed by atoms with Gasteiger partial charge in [0.1, 0.15) is 5.76 Å². The maximum absolute atomic E-state index is 12.4. The quantitative estimate of drug-likeness (QED) is 0.205. The van der Waals surface area contributed by atoms with Crippen LogP contribution in [0, 0.1) is 0 Å². The third-order valence-corrected chi connectivity index (χ3v) is 4.43. The number of ether oxygens (including phenoxy) is 3. The van der Waals surface area contributed by atoms with E-state index in [1.54, 1.807) is 56.3 Å². The van der Waals surface area contributed by atoms with Crippen molar-refractivity contribution in [1.82, 2.24) is 0 Å². The van der Waals surface area contributed by atoms with Crippen LogP contribution in [0.3, 0.4) is 0 Å². The van der Waals surface area contributed by atoms with Crippen molar-refractivity contribution in [3.63, 3.8) is 0 Å². The number of carboxylic acids is 1. The minimum atomic E-state index is -1.17. The average Bonchev–Trinajstić information content (AvgIpc) is 3.57. The molecule has 1 fully saturated rings. The molecule has 160 valence electrons. The van der Waals surface area contributed by atoms with Crippen molar-refractivity contribution >= 4 is 23.7 Å². The largest absolute Gasteiger partial charge is 0.478 e. The summed E-state index contributed by atoms with van der Waals surface area (Å²) in [6, 6.07) is 8.56. The van der Waals surface area contributed by atoms with E-state index in [-0.39, 0.29) is 29.6 Å². The fourth-order valence-corrected chi connectivity index (χ4v) is 2.43. The summed E-state index contributed by atoms with van der Waals surface area (Å²) in [5, 5.41) is 9.28. The van der Waals surface area contributed by atoms with Gasteiger partial charge in [0.25, 0.3) is 0 Å². The van der Waals surface area contributed by atoms with Crippen LogP contribution in [-0.4, -0.2) is 42.3 Å². The Bertz CT molecular complexity index is 874. The molecular formula is C23H26O7. The lowest BCUT2D eigenvalue weighted by molar-refractivity contribution is -0.139. The number of carboxylic acid groups (broad SMARTS) is 1. The van der Waals surface area contributed by atoms with Crippen LogP contribution in [0.4, 0.5) is 0 Å². The molecule has 0 saturated carbocycles.